The normalized spacial score (nSPS) is 12.0. The van der Waals surface area contributed by atoms with Gasteiger partial charge in [0.15, 0.2) is 0 Å². The molecule has 0 amide bonds. The van der Waals surface area contributed by atoms with Crippen LogP contribution in [0.5, 0.6) is 0 Å². The van der Waals surface area contributed by atoms with E-state index in [-0.39, 0.29) is 11.9 Å². The Morgan fingerprint density at radius 1 is 1.14 bits per heavy atom. The smallest absolute Gasteiger partial charge is 0.313 e. The Bertz CT molecular complexity index is 629. The number of nitrogens with two attached hydrogens (primary N) is 1. The van der Waals surface area contributed by atoms with Crippen LogP contribution < -0.4 is 5.73 Å². The molecular weight excluding hydrogens is 262 g/mol. The average molecular weight is 283 g/mol. The molecule has 0 aliphatic heterocycles. The number of ether oxygens (including phenoxy) is 1. The SMILES string of the molecule is Cc1cc(C)cc(COC(=O)C(C)c2cccc(N)c2)c1. The number of rotatable bonds is 4. The van der Waals surface area contributed by atoms with Crippen molar-refractivity contribution in [3.63, 3.8) is 0 Å². The van der Waals surface area contributed by atoms with Crippen LogP contribution in [0.15, 0.2) is 42.5 Å². The van der Waals surface area contributed by atoms with Gasteiger partial charge in [-0.25, -0.2) is 0 Å². The summed E-state index contributed by atoms with van der Waals surface area (Å²) >= 11 is 0. The molecule has 3 nitrogen and oxygen atoms in total. The molecule has 0 bridgehead atoms. The first-order chi connectivity index (χ1) is 9.95. The van der Waals surface area contributed by atoms with E-state index in [0.717, 1.165) is 11.1 Å². The summed E-state index contributed by atoms with van der Waals surface area (Å²) < 4.78 is 5.41. The first kappa shape index (κ1) is 15.1. The zero-order valence-corrected chi connectivity index (χ0v) is 12.7. The van der Waals surface area contributed by atoms with Gasteiger partial charge in [0.1, 0.15) is 6.61 Å². The van der Waals surface area contributed by atoms with Crippen LogP contribution in [0.3, 0.4) is 0 Å². The minimum atomic E-state index is -0.320. The van der Waals surface area contributed by atoms with Gasteiger partial charge in [-0.3, -0.25) is 4.79 Å². The van der Waals surface area contributed by atoms with E-state index in [2.05, 4.69) is 6.07 Å². The Balaban J connectivity index is 2.01. The van der Waals surface area contributed by atoms with Crippen LogP contribution in [0.2, 0.25) is 0 Å². The van der Waals surface area contributed by atoms with Crippen molar-refractivity contribution in [3.8, 4) is 0 Å². The lowest BCUT2D eigenvalue weighted by atomic mass is 10.0. The van der Waals surface area contributed by atoms with Crippen molar-refractivity contribution in [2.75, 3.05) is 5.73 Å². The molecule has 0 saturated carbocycles. The van der Waals surface area contributed by atoms with Crippen molar-refractivity contribution in [3.05, 3.63) is 64.7 Å². The fourth-order valence-corrected chi connectivity index (χ4v) is 2.40. The molecule has 21 heavy (non-hydrogen) atoms. The van der Waals surface area contributed by atoms with Crippen molar-refractivity contribution < 1.29 is 9.53 Å². The molecule has 2 aromatic carbocycles. The monoisotopic (exact) mass is 283 g/mol. The lowest BCUT2D eigenvalue weighted by Crippen LogP contribution is -2.13. The minimum Gasteiger partial charge on any atom is -0.460 e. The summed E-state index contributed by atoms with van der Waals surface area (Å²) in [6.07, 6.45) is 0. The van der Waals surface area contributed by atoms with Crippen LogP contribution >= 0.6 is 0 Å². The summed E-state index contributed by atoms with van der Waals surface area (Å²) in [5.41, 5.74) is 10.6. The van der Waals surface area contributed by atoms with E-state index in [9.17, 15) is 4.79 Å². The van der Waals surface area contributed by atoms with Crippen LogP contribution in [0.25, 0.3) is 0 Å². The zero-order valence-electron chi connectivity index (χ0n) is 12.7. The number of aryl methyl sites for hydroxylation is 2. The quantitative estimate of drug-likeness (QED) is 0.687. The maximum atomic E-state index is 12.1. The molecule has 2 N–H and O–H groups in total. The van der Waals surface area contributed by atoms with Gasteiger partial charge >= 0.3 is 5.97 Å². The van der Waals surface area contributed by atoms with Crippen LogP contribution in [0, 0.1) is 13.8 Å². The Labute approximate surface area is 125 Å². The van der Waals surface area contributed by atoms with Crippen LogP contribution in [0.1, 0.15) is 35.1 Å². The molecule has 1 atom stereocenters. The van der Waals surface area contributed by atoms with Gasteiger partial charge in [-0.2, -0.15) is 0 Å². The van der Waals surface area contributed by atoms with Crippen molar-refractivity contribution in [1.29, 1.82) is 0 Å². The Kier molecular flexibility index (Phi) is 4.63. The predicted molar refractivity (Wildman–Crippen MR) is 85.0 cm³/mol. The highest BCUT2D eigenvalue weighted by molar-refractivity contribution is 5.78. The average Bonchev–Trinajstić information content (AvgIpc) is 2.43. The summed E-state index contributed by atoms with van der Waals surface area (Å²) in [6.45, 7) is 6.20. The van der Waals surface area contributed by atoms with E-state index in [4.69, 9.17) is 10.5 Å². The summed E-state index contributed by atoms with van der Waals surface area (Å²) in [7, 11) is 0. The van der Waals surface area contributed by atoms with Crippen LogP contribution in [0.4, 0.5) is 5.69 Å². The second-order valence-corrected chi connectivity index (χ2v) is 5.50. The van der Waals surface area contributed by atoms with Gasteiger partial charge in [0.2, 0.25) is 0 Å². The zero-order chi connectivity index (χ0) is 15.4. The molecule has 3 heteroatoms. The largest absolute Gasteiger partial charge is 0.460 e. The van der Waals surface area contributed by atoms with Gasteiger partial charge in [-0.05, 0) is 44.0 Å². The third-order valence-electron chi connectivity index (χ3n) is 3.43. The van der Waals surface area contributed by atoms with E-state index in [1.807, 2.05) is 51.1 Å². The van der Waals surface area contributed by atoms with E-state index in [1.54, 1.807) is 6.07 Å². The number of hydrogen-bond donors (Lipinski definition) is 1. The summed E-state index contributed by atoms with van der Waals surface area (Å²) in [6, 6.07) is 13.5. The van der Waals surface area contributed by atoms with Gasteiger partial charge in [0.25, 0.3) is 0 Å². The van der Waals surface area contributed by atoms with Gasteiger partial charge < -0.3 is 10.5 Å². The van der Waals surface area contributed by atoms with E-state index in [1.165, 1.54) is 11.1 Å². The minimum absolute atomic E-state index is 0.236. The number of carbonyl (C=O) groups is 1. The number of hydrogen-bond acceptors (Lipinski definition) is 3. The van der Waals surface area contributed by atoms with Gasteiger partial charge in [0, 0.05) is 5.69 Å². The van der Waals surface area contributed by atoms with Crippen molar-refractivity contribution in [1.82, 2.24) is 0 Å². The van der Waals surface area contributed by atoms with Gasteiger partial charge in [-0.1, -0.05) is 41.5 Å². The summed E-state index contributed by atoms with van der Waals surface area (Å²) in [5, 5.41) is 0. The standard InChI is InChI=1S/C18H21NO2/c1-12-7-13(2)9-15(8-12)11-21-18(20)14(3)16-5-4-6-17(19)10-16/h4-10,14H,11,19H2,1-3H3. The fraction of sp³-hybridized carbons (Fsp3) is 0.278. The molecule has 0 aromatic heterocycles. The van der Waals surface area contributed by atoms with E-state index < -0.39 is 0 Å². The Morgan fingerprint density at radius 2 is 1.81 bits per heavy atom. The number of nitrogen functional groups attached to an aromatic ring is 1. The molecule has 0 aliphatic rings. The fourth-order valence-electron chi connectivity index (χ4n) is 2.40. The third-order valence-corrected chi connectivity index (χ3v) is 3.43. The molecule has 0 spiro atoms. The van der Waals surface area contributed by atoms with Crippen molar-refractivity contribution >= 4 is 11.7 Å². The first-order valence-electron chi connectivity index (χ1n) is 7.05. The van der Waals surface area contributed by atoms with Gasteiger partial charge in [0.05, 0.1) is 5.92 Å². The molecular formula is C18H21NO2. The van der Waals surface area contributed by atoms with E-state index >= 15 is 0 Å². The van der Waals surface area contributed by atoms with Crippen molar-refractivity contribution in [2.45, 2.75) is 33.3 Å². The molecule has 0 radical (unpaired) electrons. The summed E-state index contributed by atoms with van der Waals surface area (Å²) in [4.78, 5) is 12.1. The van der Waals surface area contributed by atoms with Crippen LogP contribution in [-0.2, 0) is 16.1 Å². The molecule has 1 unspecified atom stereocenters. The maximum absolute atomic E-state index is 12.1. The highest BCUT2D eigenvalue weighted by atomic mass is 16.5. The lowest BCUT2D eigenvalue weighted by molar-refractivity contribution is -0.146. The topological polar surface area (TPSA) is 52.3 Å². The molecule has 2 rings (SSSR count). The third kappa shape index (κ3) is 4.09. The summed E-state index contributed by atoms with van der Waals surface area (Å²) in [5.74, 6) is -0.556. The number of benzene rings is 2. The Hall–Kier alpha value is -2.29. The number of anilines is 1. The molecule has 0 aliphatic carbocycles. The highest BCUT2D eigenvalue weighted by Gasteiger charge is 2.17. The lowest BCUT2D eigenvalue weighted by Gasteiger charge is -2.13. The molecule has 0 fully saturated rings. The van der Waals surface area contributed by atoms with E-state index in [0.29, 0.717) is 12.3 Å². The maximum Gasteiger partial charge on any atom is 0.313 e. The second-order valence-electron chi connectivity index (χ2n) is 5.50. The first-order valence-corrected chi connectivity index (χ1v) is 7.05. The Morgan fingerprint density at radius 3 is 2.43 bits per heavy atom. The predicted octanol–water partition coefficient (Wildman–Crippen LogP) is 3.73. The van der Waals surface area contributed by atoms with Crippen molar-refractivity contribution in [2.24, 2.45) is 0 Å². The second kappa shape index (κ2) is 6.44. The molecule has 2 aromatic rings. The molecule has 110 valence electrons. The molecule has 0 heterocycles. The van der Waals surface area contributed by atoms with Crippen LogP contribution in [-0.4, -0.2) is 5.97 Å². The molecule has 0 saturated heterocycles. The van der Waals surface area contributed by atoms with Gasteiger partial charge in [-0.15, -0.1) is 0 Å². The highest BCUT2D eigenvalue weighted by Crippen LogP contribution is 2.20. The number of esters is 1. The number of carbonyl (C=O) groups excluding carboxylic acids is 1.